The summed E-state index contributed by atoms with van der Waals surface area (Å²) in [5.74, 6) is 0.448. The van der Waals surface area contributed by atoms with E-state index >= 15 is 0 Å². The van der Waals surface area contributed by atoms with Gasteiger partial charge in [0, 0.05) is 30.1 Å². The van der Waals surface area contributed by atoms with Gasteiger partial charge in [-0.25, -0.2) is 9.97 Å². The third-order valence-corrected chi connectivity index (χ3v) is 5.72. The summed E-state index contributed by atoms with van der Waals surface area (Å²) in [5.41, 5.74) is 10.5. The molecular weight excluding hydrogens is 426 g/mol. The fourth-order valence-electron chi connectivity index (χ4n) is 3.77. The van der Waals surface area contributed by atoms with Crippen molar-refractivity contribution in [3.05, 3.63) is 70.6 Å². The van der Waals surface area contributed by atoms with Gasteiger partial charge in [0.2, 0.25) is 0 Å². The minimum Gasteiger partial charge on any atom is -0.383 e. The number of nitrogens with one attached hydrogen (secondary N) is 1. The molecule has 1 unspecified atom stereocenters. The molecule has 0 bridgehead atoms. The smallest absolute Gasteiger partial charge is 0.257 e. The predicted molar refractivity (Wildman–Crippen MR) is 128 cm³/mol. The van der Waals surface area contributed by atoms with E-state index in [0.29, 0.717) is 27.9 Å². The van der Waals surface area contributed by atoms with Crippen LogP contribution in [0, 0.1) is 6.92 Å². The SMILES string of the molecule is CCc1cccc(C(O)C(=O)Nc2ccc(-c3cn(C)c4nc(C)nc(N)c34)c(Cl)c2)c1. The Morgan fingerprint density at radius 1 is 1.22 bits per heavy atom. The number of nitrogens with two attached hydrogens (primary N) is 1. The highest BCUT2D eigenvalue weighted by atomic mass is 35.5. The summed E-state index contributed by atoms with van der Waals surface area (Å²) in [5, 5.41) is 14.4. The molecule has 164 valence electrons. The van der Waals surface area contributed by atoms with Gasteiger partial charge < -0.3 is 20.7 Å². The number of aryl methyl sites for hydroxylation is 3. The van der Waals surface area contributed by atoms with E-state index in [4.69, 9.17) is 17.3 Å². The summed E-state index contributed by atoms with van der Waals surface area (Å²) in [7, 11) is 1.88. The van der Waals surface area contributed by atoms with E-state index in [1.54, 1.807) is 31.2 Å². The summed E-state index contributed by atoms with van der Waals surface area (Å²) in [6.45, 7) is 3.81. The van der Waals surface area contributed by atoms with E-state index in [-0.39, 0.29) is 0 Å². The van der Waals surface area contributed by atoms with E-state index < -0.39 is 12.0 Å². The van der Waals surface area contributed by atoms with Crippen molar-refractivity contribution in [3.63, 3.8) is 0 Å². The van der Waals surface area contributed by atoms with Crippen molar-refractivity contribution in [1.82, 2.24) is 14.5 Å². The zero-order chi connectivity index (χ0) is 23.0. The number of rotatable bonds is 5. The Morgan fingerprint density at radius 2 is 2.00 bits per heavy atom. The summed E-state index contributed by atoms with van der Waals surface area (Å²) in [6.07, 6.45) is 1.44. The van der Waals surface area contributed by atoms with Crippen molar-refractivity contribution in [2.24, 2.45) is 7.05 Å². The summed E-state index contributed by atoms with van der Waals surface area (Å²) in [4.78, 5) is 21.3. The van der Waals surface area contributed by atoms with Gasteiger partial charge in [0.05, 0.1) is 10.4 Å². The molecule has 2 aromatic heterocycles. The van der Waals surface area contributed by atoms with Crippen LogP contribution in [0.15, 0.2) is 48.7 Å². The molecule has 1 amide bonds. The van der Waals surface area contributed by atoms with Crippen molar-refractivity contribution >= 4 is 40.0 Å². The average molecular weight is 450 g/mol. The number of carbonyl (C=O) groups excluding carboxylic acids is 1. The average Bonchev–Trinajstić information content (AvgIpc) is 3.09. The van der Waals surface area contributed by atoms with Crippen molar-refractivity contribution in [3.8, 4) is 11.1 Å². The number of nitrogens with zero attached hydrogens (tertiary/aromatic N) is 3. The van der Waals surface area contributed by atoms with Crippen LogP contribution in [0.4, 0.5) is 11.5 Å². The normalized spacial score (nSPS) is 12.2. The third-order valence-electron chi connectivity index (χ3n) is 5.41. The van der Waals surface area contributed by atoms with Gasteiger partial charge in [-0.2, -0.15) is 0 Å². The van der Waals surface area contributed by atoms with Gasteiger partial charge in [0.25, 0.3) is 5.91 Å². The Morgan fingerprint density at radius 3 is 2.72 bits per heavy atom. The molecule has 8 heteroatoms. The van der Waals surface area contributed by atoms with Crippen LogP contribution in [0.1, 0.15) is 30.0 Å². The highest BCUT2D eigenvalue weighted by molar-refractivity contribution is 6.34. The maximum Gasteiger partial charge on any atom is 0.257 e. The fraction of sp³-hybridized carbons (Fsp3) is 0.208. The first-order valence-corrected chi connectivity index (χ1v) is 10.6. The zero-order valence-corrected chi connectivity index (χ0v) is 18.8. The monoisotopic (exact) mass is 449 g/mol. The number of aliphatic hydroxyl groups excluding tert-OH is 1. The molecule has 0 aliphatic rings. The van der Waals surface area contributed by atoms with Gasteiger partial charge in [-0.15, -0.1) is 0 Å². The quantitative estimate of drug-likeness (QED) is 0.418. The second-order valence-corrected chi connectivity index (χ2v) is 8.10. The topological polar surface area (TPSA) is 106 Å². The van der Waals surface area contributed by atoms with Crippen LogP contribution in [0.3, 0.4) is 0 Å². The molecule has 4 rings (SSSR count). The second-order valence-electron chi connectivity index (χ2n) is 7.69. The number of nitrogen functional groups attached to an aromatic ring is 1. The van der Waals surface area contributed by atoms with E-state index in [9.17, 15) is 9.90 Å². The number of halogens is 1. The molecule has 2 heterocycles. The lowest BCUT2D eigenvalue weighted by molar-refractivity contribution is -0.124. The number of carbonyl (C=O) groups is 1. The molecule has 4 N–H and O–H groups in total. The van der Waals surface area contributed by atoms with Gasteiger partial charge >= 0.3 is 0 Å². The first-order valence-electron chi connectivity index (χ1n) is 10.2. The van der Waals surface area contributed by atoms with E-state index in [1.165, 1.54) is 0 Å². The number of fused-ring (bicyclic) bond motifs is 1. The molecule has 0 spiro atoms. The lowest BCUT2D eigenvalue weighted by atomic mass is 10.0. The third kappa shape index (κ3) is 4.04. The van der Waals surface area contributed by atoms with E-state index in [1.807, 2.05) is 42.9 Å². The molecule has 0 aliphatic carbocycles. The highest BCUT2D eigenvalue weighted by Gasteiger charge is 2.20. The molecular formula is C24H24ClN5O2. The molecule has 32 heavy (non-hydrogen) atoms. The zero-order valence-electron chi connectivity index (χ0n) is 18.1. The molecule has 0 saturated heterocycles. The van der Waals surface area contributed by atoms with Gasteiger partial charge in [-0.1, -0.05) is 48.9 Å². The summed E-state index contributed by atoms with van der Waals surface area (Å²) < 4.78 is 1.88. The predicted octanol–water partition coefficient (Wildman–Crippen LogP) is 4.41. The highest BCUT2D eigenvalue weighted by Crippen LogP contribution is 2.37. The maximum atomic E-state index is 12.6. The second kappa shape index (κ2) is 8.61. The number of hydrogen-bond donors (Lipinski definition) is 3. The van der Waals surface area contributed by atoms with E-state index in [0.717, 1.165) is 34.1 Å². The molecule has 0 fully saturated rings. The number of benzene rings is 2. The van der Waals surface area contributed by atoms with Crippen LogP contribution in [0.25, 0.3) is 22.2 Å². The van der Waals surface area contributed by atoms with E-state index in [2.05, 4.69) is 15.3 Å². The lowest BCUT2D eigenvalue weighted by Crippen LogP contribution is -2.20. The Kier molecular flexibility index (Phi) is 5.86. The van der Waals surface area contributed by atoms with Gasteiger partial charge in [0.15, 0.2) is 6.10 Å². The number of aromatic nitrogens is 3. The largest absolute Gasteiger partial charge is 0.383 e. The molecule has 7 nitrogen and oxygen atoms in total. The molecule has 0 saturated carbocycles. The number of anilines is 2. The molecule has 0 radical (unpaired) electrons. The molecule has 1 atom stereocenters. The van der Waals surface area contributed by atoms with Crippen molar-refractivity contribution in [1.29, 1.82) is 0 Å². The van der Waals surface area contributed by atoms with Crippen LogP contribution in [0.5, 0.6) is 0 Å². The van der Waals surface area contributed by atoms with Crippen LogP contribution in [0.2, 0.25) is 5.02 Å². The number of hydrogen-bond acceptors (Lipinski definition) is 5. The van der Waals surface area contributed by atoms with Gasteiger partial charge in [-0.05, 0) is 36.6 Å². The fourth-order valence-corrected chi connectivity index (χ4v) is 4.05. The minimum absolute atomic E-state index is 0.383. The summed E-state index contributed by atoms with van der Waals surface area (Å²) in [6, 6.07) is 12.5. The van der Waals surface area contributed by atoms with Crippen molar-refractivity contribution < 1.29 is 9.90 Å². The maximum absolute atomic E-state index is 12.6. The van der Waals surface area contributed by atoms with Crippen LogP contribution >= 0.6 is 11.6 Å². The lowest BCUT2D eigenvalue weighted by Gasteiger charge is -2.14. The Balaban J connectivity index is 1.62. The Labute approximate surface area is 190 Å². The van der Waals surface area contributed by atoms with Crippen LogP contribution < -0.4 is 11.1 Å². The Bertz CT molecular complexity index is 1330. The van der Waals surface area contributed by atoms with Gasteiger partial charge in [0.1, 0.15) is 17.3 Å². The first kappa shape index (κ1) is 21.8. The first-order chi connectivity index (χ1) is 15.3. The molecule has 4 aromatic rings. The number of aliphatic hydroxyl groups is 1. The molecule has 0 aliphatic heterocycles. The van der Waals surface area contributed by atoms with Gasteiger partial charge in [-0.3, -0.25) is 4.79 Å². The summed E-state index contributed by atoms with van der Waals surface area (Å²) >= 11 is 6.57. The number of amides is 1. The minimum atomic E-state index is -1.28. The van der Waals surface area contributed by atoms with Crippen LogP contribution in [-0.4, -0.2) is 25.5 Å². The standard InChI is InChI=1S/C24H24ClN5O2/c1-4-14-6-5-7-15(10-14)21(31)24(32)29-16-8-9-17(19(25)11-16)18-12-30(3)23-20(18)22(26)27-13(2)28-23/h5-12,21,31H,4H2,1-3H3,(H,29,32)(H2,26,27,28). The van der Waals surface area contributed by atoms with Crippen molar-refractivity contribution in [2.45, 2.75) is 26.4 Å². The van der Waals surface area contributed by atoms with Crippen LogP contribution in [-0.2, 0) is 18.3 Å². The molecule has 2 aromatic carbocycles. The van der Waals surface area contributed by atoms with Crippen molar-refractivity contribution in [2.75, 3.05) is 11.1 Å². The Hall–Kier alpha value is -3.42.